The van der Waals surface area contributed by atoms with Crippen molar-refractivity contribution in [1.29, 1.82) is 0 Å². The van der Waals surface area contributed by atoms with Gasteiger partial charge in [0.05, 0.1) is 6.54 Å². The van der Waals surface area contributed by atoms with Gasteiger partial charge in [-0.05, 0) is 52.9 Å². The second kappa shape index (κ2) is 7.85. The first-order valence-electron chi connectivity index (χ1n) is 8.83. The van der Waals surface area contributed by atoms with Crippen LogP contribution in [0.3, 0.4) is 0 Å². The van der Waals surface area contributed by atoms with Crippen LogP contribution in [0.25, 0.3) is 0 Å². The normalized spacial score (nSPS) is 21.5. The quantitative estimate of drug-likeness (QED) is 0.845. The van der Waals surface area contributed by atoms with Crippen LogP contribution in [0.1, 0.15) is 52.9 Å². The maximum atomic E-state index is 12.5. The van der Waals surface area contributed by atoms with Crippen LogP contribution in [0.2, 0.25) is 0 Å². The SMILES string of the molecule is CC(C)(C)OC(=O)N1CCCC[C@@H]1C(=O)NCC(=O)N1CCCC1. The number of carbonyl (C=O) groups excluding carboxylic acids is 3. The first kappa shape index (κ1) is 18.5. The highest BCUT2D eigenvalue weighted by Gasteiger charge is 2.35. The Kier molecular flexibility index (Phi) is 6.07. The minimum absolute atomic E-state index is 0.00249. The molecule has 2 aliphatic rings. The Morgan fingerprint density at radius 1 is 1.04 bits per heavy atom. The van der Waals surface area contributed by atoms with Crippen molar-refractivity contribution in [3.8, 4) is 0 Å². The molecule has 0 unspecified atom stereocenters. The summed E-state index contributed by atoms with van der Waals surface area (Å²) in [6.07, 6.45) is 3.92. The summed E-state index contributed by atoms with van der Waals surface area (Å²) in [6.45, 7) is 7.45. The third-order valence-electron chi connectivity index (χ3n) is 4.31. The van der Waals surface area contributed by atoms with E-state index < -0.39 is 17.7 Å². The molecular formula is C17H29N3O4. The van der Waals surface area contributed by atoms with Gasteiger partial charge in [0.15, 0.2) is 0 Å². The van der Waals surface area contributed by atoms with E-state index in [0.29, 0.717) is 13.0 Å². The lowest BCUT2D eigenvalue weighted by molar-refractivity contribution is -0.134. The highest BCUT2D eigenvalue weighted by atomic mass is 16.6. The highest BCUT2D eigenvalue weighted by Crippen LogP contribution is 2.20. The van der Waals surface area contributed by atoms with Gasteiger partial charge in [0.1, 0.15) is 11.6 Å². The summed E-state index contributed by atoms with van der Waals surface area (Å²) in [4.78, 5) is 40.1. The molecule has 136 valence electrons. The number of carbonyl (C=O) groups is 3. The number of amides is 3. The number of rotatable bonds is 3. The van der Waals surface area contributed by atoms with E-state index in [2.05, 4.69) is 5.32 Å². The second-order valence-electron chi connectivity index (χ2n) is 7.49. The van der Waals surface area contributed by atoms with E-state index in [1.165, 1.54) is 4.90 Å². The molecule has 2 heterocycles. The lowest BCUT2D eigenvalue weighted by Crippen LogP contribution is -2.54. The van der Waals surface area contributed by atoms with Gasteiger partial charge in [0.2, 0.25) is 11.8 Å². The van der Waals surface area contributed by atoms with E-state index in [9.17, 15) is 14.4 Å². The maximum Gasteiger partial charge on any atom is 0.410 e. The second-order valence-corrected chi connectivity index (χ2v) is 7.49. The molecule has 7 heteroatoms. The smallest absolute Gasteiger partial charge is 0.410 e. The number of nitrogens with zero attached hydrogens (tertiary/aromatic N) is 2. The third-order valence-corrected chi connectivity index (χ3v) is 4.31. The van der Waals surface area contributed by atoms with Crippen molar-refractivity contribution in [1.82, 2.24) is 15.1 Å². The lowest BCUT2D eigenvalue weighted by atomic mass is 10.0. The Morgan fingerprint density at radius 2 is 1.67 bits per heavy atom. The van der Waals surface area contributed by atoms with Crippen LogP contribution >= 0.6 is 0 Å². The zero-order valence-corrected chi connectivity index (χ0v) is 15.0. The molecule has 2 fully saturated rings. The summed E-state index contributed by atoms with van der Waals surface area (Å²) in [7, 11) is 0. The largest absolute Gasteiger partial charge is 0.444 e. The van der Waals surface area contributed by atoms with Crippen molar-refractivity contribution in [2.75, 3.05) is 26.2 Å². The minimum atomic E-state index is -0.596. The highest BCUT2D eigenvalue weighted by molar-refractivity contribution is 5.89. The molecule has 2 saturated heterocycles. The minimum Gasteiger partial charge on any atom is -0.444 e. The third kappa shape index (κ3) is 5.11. The van der Waals surface area contributed by atoms with Gasteiger partial charge in [-0.25, -0.2) is 4.79 Å². The Hall–Kier alpha value is -1.79. The van der Waals surface area contributed by atoms with E-state index in [4.69, 9.17) is 4.74 Å². The van der Waals surface area contributed by atoms with Crippen molar-refractivity contribution >= 4 is 17.9 Å². The van der Waals surface area contributed by atoms with Crippen LogP contribution in [0, 0.1) is 0 Å². The molecule has 0 saturated carbocycles. The van der Waals surface area contributed by atoms with E-state index in [1.807, 2.05) is 0 Å². The Bertz CT molecular complexity index is 481. The summed E-state index contributed by atoms with van der Waals surface area (Å²) in [5, 5.41) is 2.70. The number of hydrogen-bond acceptors (Lipinski definition) is 4. The fourth-order valence-corrected chi connectivity index (χ4v) is 3.10. The van der Waals surface area contributed by atoms with Gasteiger partial charge >= 0.3 is 6.09 Å². The summed E-state index contributed by atoms with van der Waals surface area (Å²) >= 11 is 0. The maximum absolute atomic E-state index is 12.5. The van der Waals surface area contributed by atoms with Gasteiger partial charge < -0.3 is 15.0 Å². The molecule has 0 radical (unpaired) electrons. The van der Waals surface area contributed by atoms with Crippen LogP contribution in [0.15, 0.2) is 0 Å². The molecule has 0 spiro atoms. The summed E-state index contributed by atoms with van der Waals surface area (Å²) in [6, 6.07) is -0.556. The monoisotopic (exact) mass is 339 g/mol. The average Bonchev–Trinajstić information content (AvgIpc) is 3.05. The predicted octanol–water partition coefficient (Wildman–Crippen LogP) is 1.51. The van der Waals surface area contributed by atoms with E-state index in [0.717, 1.165) is 38.8 Å². The van der Waals surface area contributed by atoms with E-state index in [-0.39, 0.29) is 18.4 Å². The number of hydrogen-bond donors (Lipinski definition) is 1. The molecule has 0 aromatic carbocycles. The number of piperidine rings is 1. The van der Waals surface area contributed by atoms with E-state index >= 15 is 0 Å². The number of ether oxygens (including phenoxy) is 1. The van der Waals surface area contributed by atoms with Crippen molar-refractivity contribution in [3.05, 3.63) is 0 Å². The molecule has 0 aromatic rings. The van der Waals surface area contributed by atoms with Gasteiger partial charge in [-0.15, -0.1) is 0 Å². The zero-order valence-electron chi connectivity index (χ0n) is 15.0. The first-order valence-corrected chi connectivity index (χ1v) is 8.83. The molecule has 3 amide bonds. The lowest BCUT2D eigenvalue weighted by Gasteiger charge is -2.35. The van der Waals surface area contributed by atoms with Crippen LogP contribution in [-0.4, -0.2) is 65.5 Å². The van der Waals surface area contributed by atoms with Gasteiger partial charge in [0, 0.05) is 19.6 Å². The summed E-state index contributed by atoms with van der Waals surface area (Å²) < 4.78 is 5.40. The van der Waals surface area contributed by atoms with Gasteiger partial charge in [0.25, 0.3) is 0 Å². The van der Waals surface area contributed by atoms with E-state index in [1.54, 1.807) is 25.7 Å². The van der Waals surface area contributed by atoms with Crippen LogP contribution < -0.4 is 5.32 Å². The van der Waals surface area contributed by atoms with Gasteiger partial charge in [-0.1, -0.05) is 0 Å². The summed E-state index contributed by atoms with van der Waals surface area (Å²) in [5.74, 6) is -0.325. The topological polar surface area (TPSA) is 79.0 Å². The van der Waals surface area contributed by atoms with Crippen molar-refractivity contribution in [3.63, 3.8) is 0 Å². The standard InChI is InChI=1S/C17H29N3O4/c1-17(2,3)24-16(23)20-11-5-4-8-13(20)15(22)18-12-14(21)19-9-6-7-10-19/h13H,4-12H2,1-3H3,(H,18,22)/t13-/m1/s1. The fourth-order valence-electron chi connectivity index (χ4n) is 3.10. The molecule has 7 nitrogen and oxygen atoms in total. The first-order chi connectivity index (χ1) is 11.3. The number of likely N-dealkylation sites (tertiary alicyclic amines) is 2. The van der Waals surface area contributed by atoms with Crippen LogP contribution in [0.4, 0.5) is 4.79 Å². The molecule has 2 aliphatic heterocycles. The fraction of sp³-hybridized carbons (Fsp3) is 0.824. The Labute approximate surface area is 143 Å². The van der Waals surface area contributed by atoms with Crippen LogP contribution in [-0.2, 0) is 14.3 Å². The van der Waals surface area contributed by atoms with Crippen LogP contribution in [0.5, 0.6) is 0 Å². The van der Waals surface area contributed by atoms with Crippen molar-refractivity contribution < 1.29 is 19.1 Å². The van der Waals surface area contributed by atoms with Gasteiger partial charge in [-0.3, -0.25) is 14.5 Å². The molecule has 0 aliphatic carbocycles. The summed E-state index contributed by atoms with van der Waals surface area (Å²) in [5.41, 5.74) is -0.596. The zero-order chi connectivity index (χ0) is 17.7. The average molecular weight is 339 g/mol. The molecule has 0 aromatic heterocycles. The molecule has 24 heavy (non-hydrogen) atoms. The Balaban J connectivity index is 1.89. The van der Waals surface area contributed by atoms with Crippen molar-refractivity contribution in [2.24, 2.45) is 0 Å². The molecule has 1 atom stereocenters. The predicted molar refractivity (Wildman–Crippen MR) is 89.4 cm³/mol. The Morgan fingerprint density at radius 3 is 2.29 bits per heavy atom. The molecule has 0 bridgehead atoms. The van der Waals surface area contributed by atoms with Crippen molar-refractivity contribution in [2.45, 2.75) is 64.5 Å². The molecule has 2 rings (SSSR count). The number of nitrogens with one attached hydrogen (secondary N) is 1. The molecule has 1 N–H and O–H groups in total. The molecular weight excluding hydrogens is 310 g/mol. The van der Waals surface area contributed by atoms with Gasteiger partial charge in [-0.2, -0.15) is 0 Å².